The van der Waals surface area contributed by atoms with Crippen LogP contribution in [0, 0.1) is 5.92 Å². The number of benzene rings is 1. The van der Waals surface area contributed by atoms with Crippen molar-refractivity contribution in [3.8, 4) is 11.5 Å². The molecule has 1 aliphatic rings. The maximum Gasteiger partial charge on any atom is 0.161 e. The zero-order chi connectivity index (χ0) is 13.7. The van der Waals surface area contributed by atoms with Gasteiger partial charge in [0.1, 0.15) is 0 Å². The summed E-state index contributed by atoms with van der Waals surface area (Å²) in [5.41, 5.74) is 6.77. The van der Waals surface area contributed by atoms with Crippen molar-refractivity contribution in [2.45, 2.75) is 51.7 Å². The van der Waals surface area contributed by atoms with Crippen molar-refractivity contribution < 1.29 is 9.47 Å². The Morgan fingerprint density at radius 1 is 1.26 bits per heavy atom. The number of hydrogen-bond acceptors (Lipinski definition) is 3. The zero-order valence-corrected chi connectivity index (χ0v) is 12.0. The topological polar surface area (TPSA) is 44.5 Å². The number of ether oxygens (including phenoxy) is 2. The summed E-state index contributed by atoms with van der Waals surface area (Å²) in [5.74, 6) is 2.45. The first-order valence-electron chi connectivity index (χ1n) is 7.30. The highest BCUT2D eigenvalue weighted by molar-refractivity contribution is 5.43. The Kier molecular flexibility index (Phi) is 5.08. The van der Waals surface area contributed by atoms with Gasteiger partial charge in [-0.1, -0.05) is 25.8 Å². The van der Waals surface area contributed by atoms with Crippen LogP contribution in [0.1, 0.15) is 44.6 Å². The molecule has 2 rings (SSSR count). The van der Waals surface area contributed by atoms with Gasteiger partial charge in [-0.05, 0) is 42.9 Å². The van der Waals surface area contributed by atoms with E-state index in [0.29, 0.717) is 12.6 Å². The predicted molar refractivity (Wildman–Crippen MR) is 77.6 cm³/mol. The minimum absolute atomic E-state index is 0.320. The maximum atomic E-state index is 6.17. The molecular formula is C16H25NO2. The summed E-state index contributed by atoms with van der Waals surface area (Å²) in [6.45, 7) is 2.80. The highest BCUT2D eigenvalue weighted by Crippen LogP contribution is 2.34. The minimum atomic E-state index is 0.320. The molecule has 0 spiro atoms. The Labute approximate surface area is 116 Å². The quantitative estimate of drug-likeness (QED) is 0.884. The second-order valence-electron chi connectivity index (χ2n) is 5.37. The summed E-state index contributed by atoms with van der Waals surface area (Å²) in [5, 5.41) is 0. The van der Waals surface area contributed by atoms with Crippen LogP contribution in [0.4, 0.5) is 0 Å². The molecule has 1 aliphatic carbocycles. The second-order valence-corrected chi connectivity index (χ2v) is 5.37. The molecule has 0 bridgehead atoms. The molecule has 2 unspecified atom stereocenters. The van der Waals surface area contributed by atoms with Gasteiger partial charge >= 0.3 is 0 Å². The van der Waals surface area contributed by atoms with Crippen molar-refractivity contribution in [3.63, 3.8) is 0 Å². The van der Waals surface area contributed by atoms with Gasteiger partial charge in [0.2, 0.25) is 0 Å². The fourth-order valence-corrected chi connectivity index (χ4v) is 2.84. The van der Waals surface area contributed by atoms with Crippen molar-refractivity contribution >= 4 is 0 Å². The summed E-state index contributed by atoms with van der Waals surface area (Å²) < 4.78 is 11.5. The molecule has 19 heavy (non-hydrogen) atoms. The van der Waals surface area contributed by atoms with Gasteiger partial charge in [-0.25, -0.2) is 0 Å². The third-order valence-corrected chi connectivity index (χ3v) is 4.07. The molecule has 1 aromatic carbocycles. The molecule has 0 saturated heterocycles. The van der Waals surface area contributed by atoms with E-state index < -0.39 is 0 Å². The van der Waals surface area contributed by atoms with Gasteiger partial charge in [0.25, 0.3) is 0 Å². The number of nitrogens with two attached hydrogens (primary N) is 1. The molecule has 0 radical (unpaired) electrons. The number of hydrogen-bond donors (Lipinski definition) is 1. The van der Waals surface area contributed by atoms with E-state index in [1.807, 2.05) is 18.2 Å². The van der Waals surface area contributed by atoms with Crippen LogP contribution in [0.25, 0.3) is 0 Å². The van der Waals surface area contributed by atoms with Gasteiger partial charge in [0.15, 0.2) is 11.5 Å². The van der Waals surface area contributed by atoms with Crippen LogP contribution < -0.4 is 15.2 Å². The van der Waals surface area contributed by atoms with Crippen molar-refractivity contribution in [2.24, 2.45) is 11.7 Å². The molecular weight excluding hydrogens is 238 g/mol. The lowest BCUT2D eigenvalue weighted by atomic mass is 9.85. The van der Waals surface area contributed by atoms with Gasteiger partial charge in [-0.2, -0.15) is 0 Å². The molecule has 3 heteroatoms. The molecule has 0 aromatic heterocycles. The zero-order valence-electron chi connectivity index (χ0n) is 12.0. The lowest BCUT2D eigenvalue weighted by Crippen LogP contribution is -2.25. The van der Waals surface area contributed by atoms with E-state index in [9.17, 15) is 0 Å². The highest BCUT2D eigenvalue weighted by Gasteiger charge is 2.23. The summed E-state index contributed by atoms with van der Waals surface area (Å²) in [6.07, 6.45) is 6.48. The lowest BCUT2D eigenvalue weighted by Gasteiger charge is -2.29. The Balaban J connectivity index is 2.08. The molecule has 106 valence electrons. The van der Waals surface area contributed by atoms with Crippen molar-refractivity contribution in [1.82, 2.24) is 0 Å². The Morgan fingerprint density at radius 2 is 2.11 bits per heavy atom. The van der Waals surface area contributed by atoms with E-state index in [1.54, 1.807) is 7.11 Å². The third kappa shape index (κ3) is 3.63. The lowest BCUT2D eigenvalue weighted by molar-refractivity contribution is 0.118. The fraction of sp³-hybridized carbons (Fsp3) is 0.625. The molecule has 1 saturated carbocycles. The van der Waals surface area contributed by atoms with Gasteiger partial charge in [-0.3, -0.25) is 0 Å². The number of methoxy groups -OCH3 is 1. The van der Waals surface area contributed by atoms with Gasteiger partial charge < -0.3 is 15.2 Å². The van der Waals surface area contributed by atoms with E-state index >= 15 is 0 Å². The maximum absolute atomic E-state index is 6.17. The van der Waals surface area contributed by atoms with Gasteiger partial charge in [0.05, 0.1) is 13.2 Å². The van der Waals surface area contributed by atoms with E-state index in [2.05, 4.69) is 6.92 Å². The fourth-order valence-electron chi connectivity index (χ4n) is 2.84. The van der Waals surface area contributed by atoms with Crippen LogP contribution >= 0.6 is 0 Å². The first-order valence-corrected chi connectivity index (χ1v) is 7.30. The average Bonchev–Trinajstić information content (AvgIpc) is 2.47. The van der Waals surface area contributed by atoms with Crippen LogP contribution in [0.15, 0.2) is 18.2 Å². The molecule has 2 N–H and O–H groups in total. The summed E-state index contributed by atoms with van der Waals surface area (Å²) in [6, 6.07) is 5.94. The first-order chi connectivity index (χ1) is 9.26. The highest BCUT2D eigenvalue weighted by atomic mass is 16.5. The molecule has 2 atom stereocenters. The van der Waals surface area contributed by atoms with Crippen molar-refractivity contribution in [1.29, 1.82) is 0 Å². The van der Waals surface area contributed by atoms with Crippen LogP contribution in [0.3, 0.4) is 0 Å². The van der Waals surface area contributed by atoms with E-state index in [4.69, 9.17) is 15.2 Å². The van der Waals surface area contributed by atoms with Crippen molar-refractivity contribution in [2.75, 3.05) is 7.11 Å². The van der Waals surface area contributed by atoms with Crippen LogP contribution in [0.2, 0.25) is 0 Å². The second kappa shape index (κ2) is 6.80. The molecule has 3 nitrogen and oxygen atoms in total. The number of rotatable bonds is 5. The monoisotopic (exact) mass is 263 g/mol. The summed E-state index contributed by atoms with van der Waals surface area (Å²) >= 11 is 0. The summed E-state index contributed by atoms with van der Waals surface area (Å²) in [7, 11) is 1.68. The molecule has 0 amide bonds. The van der Waals surface area contributed by atoms with E-state index in [1.165, 1.54) is 19.3 Å². The predicted octanol–water partition coefficient (Wildman–Crippen LogP) is 3.50. The smallest absolute Gasteiger partial charge is 0.161 e. The minimum Gasteiger partial charge on any atom is -0.493 e. The third-order valence-electron chi connectivity index (χ3n) is 4.07. The average molecular weight is 263 g/mol. The van der Waals surface area contributed by atoms with Gasteiger partial charge in [-0.15, -0.1) is 0 Å². The normalized spacial score (nSPS) is 23.1. The molecule has 1 aromatic rings. The van der Waals surface area contributed by atoms with Crippen LogP contribution in [-0.2, 0) is 6.54 Å². The van der Waals surface area contributed by atoms with E-state index in [0.717, 1.165) is 35.8 Å². The standard InChI is InChI=1S/C16H25NO2/c1-3-12-5-4-6-14(9-12)19-16-10-13(11-17)7-8-15(16)18-2/h7-8,10,12,14H,3-6,9,11,17H2,1-2H3. The largest absolute Gasteiger partial charge is 0.493 e. The Hall–Kier alpha value is -1.22. The SMILES string of the molecule is CCC1CCCC(Oc2cc(CN)ccc2OC)C1. The summed E-state index contributed by atoms with van der Waals surface area (Å²) in [4.78, 5) is 0. The first kappa shape index (κ1) is 14.2. The van der Waals surface area contributed by atoms with Crippen LogP contribution in [-0.4, -0.2) is 13.2 Å². The Bertz CT molecular complexity index is 406. The van der Waals surface area contributed by atoms with Crippen LogP contribution in [0.5, 0.6) is 11.5 Å². The van der Waals surface area contributed by atoms with E-state index in [-0.39, 0.29) is 0 Å². The molecule has 1 fully saturated rings. The van der Waals surface area contributed by atoms with Crippen molar-refractivity contribution in [3.05, 3.63) is 23.8 Å². The van der Waals surface area contributed by atoms with Gasteiger partial charge in [0, 0.05) is 6.54 Å². The molecule has 0 heterocycles. The Morgan fingerprint density at radius 3 is 2.79 bits per heavy atom. The molecule has 0 aliphatic heterocycles.